The average molecular weight is 248 g/mol. The first-order chi connectivity index (χ1) is 8.84. The van der Waals surface area contributed by atoms with Crippen molar-refractivity contribution in [3.63, 3.8) is 0 Å². The van der Waals surface area contributed by atoms with Crippen molar-refractivity contribution in [3.05, 3.63) is 12.4 Å². The Balaban J connectivity index is 1.50. The number of anilines is 1. The number of nitrogens with one attached hydrogen (secondary N) is 1. The molecule has 0 amide bonds. The molecule has 4 nitrogen and oxygen atoms in total. The van der Waals surface area contributed by atoms with Crippen LogP contribution in [0.4, 0.5) is 5.95 Å². The van der Waals surface area contributed by atoms with Gasteiger partial charge >= 0.3 is 0 Å². The maximum Gasteiger partial charge on any atom is 0.203 e. The normalized spacial score (nSPS) is 20.8. The summed E-state index contributed by atoms with van der Waals surface area (Å²) in [6, 6.07) is 1.53. The number of hydrogen-bond donors (Lipinski definition) is 1. The lowest BCUT2D eigenvalue weighted by atomic mass is 10.2. The van der Waals surface area contributed by atoms with Gasteiger partial charge in [-0.2, -0.15) is 0 Å². The van der Waals surface area contributed by atoms with E-state index in [9.17, 15) is 0 Å². The number of nitrogens with zero attached hydrogens (tertiary/aromatic N) is 3. The van der Waals surface area contributed by atoms with E-state index in [1.54, 1.807) is 0 Å². The topological polar surface area (TPSA) is 33.1 Å². The van der Waals surface area contributed by atoms with Gasteiger partial charge in [0.1, 0.15) is 0 Å². The molecule has 3 rings (SSSR count). The molecule has 1 aromatic rings. The van der Waals surface area contributed by atoms with E-state index in [0.717, 1.165) is 25.1 Å². The van der Waals surface area contributed by atoms with Crippen molar-refractivity contribution >= 4 is 5.95 Å². The van der Waals surface area contributed by atoms with Crippen LogP contribution in [0.5, 0.6) is 0 Å². The van der Waals surface area contributed by atoms with E-state index in [2.05, 4.69) is 33.0 Å². The number of likely N-dealkylation sites (N-methyl/N-ethyl adjacent to an activating group) is 1. The quantitative estimate of drug-likeness (QED) is 0.839. The molecular formula is C14H24N4. The van der Waals surface area contributed by atoms with Crippen molar-refractivity contribution in [3.8, 4) is 0 Å². The molecule has 2 saturated carbocycles. The van der Waals surface area contributed by atoms with Gasteiger partial charge in [0.25, 0.3) is 0 Å². The molecular weight excluding hydrogens is 224 g/mol. The molecule has 2 aliphatic rings. The molecule has 0 atom stereocenters. The number of aromatic nitrogens is 2. The molecule has 0 unspecified atom stereocenters. The Morgan fingerprint density at radius 1 is 1.33 bits per heavy atom. The highest BCUT2D eigenvalue weighted by atomic mass is 15.2. The predicted molar refractivity (Wildman–Crippen MR) is 73.9 cm³/mol. The number of rotatable bonds is 6. The van der Waals surface area contributed by atoms with E-state index in [1.165, 1.54) is 38.5 Å². The Labute approximate surface area is 109 Å². The molecule has 0 aromatic carbocycles. The Morgan fingerprint density at radius 2 is 2.11 bits per heavy atom. The van der Waals surface area contributed by atoms with Crippen LogP contribution < -0.4 is 5.32 Å². The molecule has 2 fully saturated rings. The fraction of sp³-hybridized carbons (Fsp3) is 0.786. The van der Waals surface area contributed by atoms with Crippen molar-refractivity contribution < 1.29 is 0 Å². The van der Waals surface area contributed by atoms with Crippen LogP contribution >= 0.6 is 0 Å². The zero-order valence-electron chi connectivity index (χ0n) is 11.3. The van der Waals surface area contributed by atoms with E-state index < -0.39 is 0 Å². The smallest absolute Gasteiger partial charge is 0.203 e. The lowest BCUT2D eigenvalue weighted by molar-refractivity contribution is 0.336. The summed E-state index contributed by atoms with van der Waals surface area (Å²) in [5.41, 5.74) is 0. The van der Waals surface area contributed by atoms with Crippen molar-refractivity contribution in [1.29, 1.82) is 0 Å². The second-order valence-corrected chi connectivity index (χ2v) is 5.73. The molecule has 2 aliphatic carbocycles. The lowest BCUT2D eigenvalue weighted by Gasteiger charge is -2.18. The molecule has 0 radical (unpaired) electrons. The van der Waals surface area contributed by atoms with E-state index in [0.29, 0.717) is 6.04 Å². The first-order valence-corrected chi connectivity index (χ1v) is 7.31. The Bertz CT molecular complexity index is 377. The summed E-state index contributed by atoms with van der Waals surface area (Å²) in [7, 11) is 2.22. The highest BCUT2D eigenvalue weighted by Gasteiger charge is 2.25. The SMILES string of the molecule is CN(CCNc1nccn1C1CCCC1)C1CC1. The fourth-order valence-corrected chi connectivity index (χ4v) is 2.97. The monoisotopic (exact) mass is 248 g/mol. The molecule has 1 N–H and O–H groups in total. The summed E-state index contributed by atoms with van der Waals surface area (Å²) >= 11 is 0. The van der Waals surface area contributed by atoms with Gasteiger partial charge in [-0.1, -0.05) is 12.8 Å². The first kappa shape index (κ1) is 12.0. The molecule has 0 aliphatic heterocycles. The highest BCUT2D eigenvalue weighted by Crippen LogP contribution is 2.31. The van der Waals surface area contributed by atoms with Crippen molar-refractivity contribution in [1.82, 2.24) is 14.5 Å². The van der Waals surface area contributed by atoms with Gasteiger partial charge in [-0.05, 0) is 32.7 Å². The minimum absolute atomic E-state index is 0.677. The molecule has 0 spiro atoms. The highest BCUT2D eigenvalue weighted by molar-refractivity contribution is 5.26. The minimum Gasteiger partial charge on any atom is -0.354 e. The number of hydrogen-bond acceptors (Lipinski definition) is 3. The van der Waals surface area contributed by atoms with Gasteiger partial charge < -0.3 is 14.8 Å². The fourth-order valence-electron chi connectivity index (χ4n) is 2.97. The molecule has 0 saturated heterocycles. The molecule has 4 heteroatoms. The summed E-state index contributed by atoms with van der Waals surface area (Å²) < 4.78 is 2.34. The Kier molecular flexibility index (Phi) is 3.55. The Morgan fingerprint density at radius 3 is 2.83 bits per heavy atom. The van der Waals surface area contributed by atoms with Gasteiger partial charge in [-0.3, -0.25) is 0 Å². The van der Waals surface area contributed by atoms with Gasteiger partial charge in [0.2, 0.25) is 5.95 Å². The Hall–Kier alpha value is -1.03. The standard InChI is InChI=1S/C14H24N4/c1-17(12-6-7-12)10-8-15-14-16-9-11-18(14)13-4-2-3-5-13/h9,11-13H,2-8,10H2,1H3,(H,15,16). The first-order valence-electron chi connectivity index (χ1n) is 7.31. The van der Waals surface area contributed by atoms with Gasteiger partial charge in [-0.25, -0.2) is 4.98 Å². The van der Waals surface area contributed by atoms with Crippen LogP contribution in [0, 0.1) is 0 Å². The van der Waals surface area contributed by atoms with Crippen LogP contribution in [0.3, 0.4) is 0 Å². The summed E-state index contributed by atoms with van der Waals surface area (Å²) in [5.74, 6) is 1.06. The van der Waals surface area contributed by atoms with Gasteiger partial charge in [0, 0.05) is 37.6 Å². The van der Waals surface area contributed by atoms with Crippen LogP contribution in [-0.4, -0.2) is 40.6 Å². The molecule has 0 bridgehead atoms. The van der Waals surface area contributed by atoms with E-state index in [4.69, 9.17) is 0 Å². The third kappa shape index (κ3) is 2.69. The summed E-state index contributed by atoms with van der Waals surface area (Å²) in [4.78, 5) is 6.91. The second-order valence-electron chi connectivity index (χ2n) is 5.73. The number of imidazole rings is 1. The summed E-state index contributed by atoms with van der Waals surface area (Å²) in [6.07, 6.45) is 12.2. The largest absolute Gasteiger partial charge is 0.354 e. The van der Waals surface area contributed by atoms with Crippen LogP contribution in [-0.2, 0) is 0 Å². The van der Waals surface area contributed by atoms with Crippen LogP contribution in [0.1, 0.15) is 44.6 Å². The van der Waals surface area contributed by atoms with Crippen molar-refractivity contribution in [2.75, 3.05) is 25.5 Å². The van der Waals surface area contributed by atoms with Gasteiger partial charge in [0.05, 0.1) is 0 Å². The van der Waals surface area contributed by atoms with E-state index >= 15 is 0 Å². The zero-order valence-corrected chi connectivity index (χ0v) is 11.3. The lowest BCUT2D eigenvalue weighted by Crippen LogP contribution is -2.27. The predicted octanol–water partition coefficient (Wildman–Crippen LogP) is 2.50. The third-order valence-electron chi connectivity index (χ3n) is 4.30. The van der Waals surface area contributed by atoms with Crippen molar-refractivity contribution in [2.24, 2.45) is 0 Å². The minimum atomic E-state index is 0.677. The summed E-state index contributed by atoms with van der Waals surface area (Å²) in [6.45, 7) is 2.11. The van der Waals surface area contributed by atoms with E-state index in [-0.39, 0.29) is 0 Å². The maximum atomic E-state index is 4.45. The molecule has 1 heterocycles. The van der Waals surface area contributed by atoms with Crippen LogP contribution in [0.25, 0.3) is 0 Å². The molecule has 1 aromatic heterocycles. The van der Waals surface area contributed by atoms with Gasteiger partial charge in [-0.15, -0.1) is 0 Å². The third-order valence-corrected chi connectivity index (χ3v) is 4.30. The summed E-state index contributed by atoms with van der Waals surface area (Å²) in [5, 5.41) is 3.49. The molecule has 18 heavy (non-hydrogen) atoms. The average Bonchev–Trinajstić information content (AvgIpc) is 2.90. The van der Waals surface area contributed by atoms with Gasteiger partial charge in [0.15, 0.2) is 0 Å². The molecule has 100 valence electrons. The van der Waals surface area contributed by atoms with Crippen LogP contribution in [0.15, 0.2) is 12.4 Å². The van der Waals surface area contributed by atoms with E-state index in [1.807, 2.05) is 6.20 Å². The second kappa shape index (κ2) is 5.31. The van der Waals surface area contributed by atoms with Crippen molar-refractivity contribution in [2.45, 2.75) is 50.6 Å². The maximum absolute atomic E-state index is 4.45. The van der Waals surface area contributed by atoms with Crippen LogP contribution in [0.2, 0.25) is 0 Å². The zero-order chi connectivity index (χ0) is 12.4.